The molecule has 0 atom stereocenters. The van der Waals surface area contributed by atoms with Crippen molar-refractivity contribution in [2.45, 2.75) is 20.0 Å². The van der Waals surface area contributed by atoms with Gasteiger partial charge < -0.3 is 24.8 Å². The Balaban J connectivity index is 1.45. The van der Waals surface area contributed by atoms with E-state index in [1.54, 1.807) is 66.7 Å². The Kier molecular flexibility index (Phi) is 7.87. The van der Waals surface area contributed by atoms with Gasteiger partial charge in [-0.3, -0.25) is 14.4 Å². The van der Waals surface area contributed by atoms with Crippen LogP contribution in [0.1, 0.15) is 24.2 Å². The van der Waals surface area contributed by atoms with Gasteiger partial charge in [-0.25, -0.2) is 4.90 Å². The maximum Gasteiger partial charge on any atom is 0.283 e. The molecule has 0 aromatic heterocycles. The fraction of sp³-hybridized carbons (Fsp3) is 0.179. The molecule has 4 rings (SSSR count). The zero-order valence-electron chi connectivity index (χ0n) is 21.2. The summed E-state index contributed by atoms with van der Waals surface area (Å²) in [5.74, 6) is -0.155. The maximum absolute atomic E-state index is 13.2. The predicted octanol–water partition coefficient (Wildman–Crippen LogP) is 5.18. The van der Waals surface area contributed by atoms with Crippen LogP contribution in [0, 0.1) is 0 Å². The quantitative estimate of drug-likeness (QED) is 0.364. The number of carbonyl (C=O) groups excluding carboxylic acids is 3. The highest BCUT2D eigenvalue weighted by Crippen LogP contribution is 2.37. The van der Waals surface area contributed by atoms with Crippen molar-refractivity contribution >= 4 is 46.4 Å². The fourth-order valence-corrected chi connectivity index (χ4v) is 3.95. The minimum atomic E-state index is -0.691. The van der Waals surface area contributed by atoms with Gasteiger partial charge in [-0.15, -0.1) is 0 Å². The molecule has 0 fully saturated rings. The first-order valence-corrected chi connectivity index (χ1v) is 12.1. The number of ether oxygens (including phenoxy) is 3. The minimum absolute atomic E-state index is 0.0548. The van der Waals surface area contributed by atoms with Gasteiger partial charge in [0.2, 0.25) is 0 Å². The standard InChI is InChI=1S/C28H26ClN3O6/c1-16(2)38-20-11-9-19(10-12-20)31-26(33)17-5-7-18(8-6-17)30-25-24(29)27(34)32(28(25)35)22-14-13-21(36-3)15-23(22)37-4/h5-16,30H,1-4H3,(H,31,33). The van der Waals surface area contributed by atoms with Gasteiger partial charge in [-0.2, -0.15) is 0 Å². The molecule has 1 aliphatic rings. The van der Waals surface area contributed by atoms with Crippen molar-refractivity contribution in [1.82, 2.24) is 0 Å². The Bertz CT molecular complexity index is 1400. The zero-order valence-corrected chi connectivity index (χ0v) is 22.0. The number of anilines is 3. The molecule has 0 bridgehead atoms. The van der Waals surface area contributed by atoms with Gasteiger partial charge in [0.1, 0.15) is 28.0 Å². The molecule has 0 radical (unpaired) electrons. The Morgan fingerprint density at radius 2 is 1.47 bits per heavy atom. The summed E-state index contributed by atoms with van der Waals surface area (Å²) in [6.45, 7) is 3.88. The van der Waals surface area contributed by atoms with Crippen molar-refractivity contribution < 1.29 is 28.6 Å². The lowest BCUT2D eigenvalue weighted by Crippen LogP contribution is -2.32. The van der Waals surface area contributed by atoms with Crippen molar-refractivity contribution in [3.63, 3.8) is 0 Å². The lowest BCUT2D eigenvalue weighted by molar-refractivity contribution is -0.120. The van der Waals surface area contributed by atoms with Gasteiger partial charge in [-0.1, -0.05) is 11.6 Å². The van der Waals surface area contributed by atoms with Crippen LogP contribution in [0.5, 0.6) is 17.2 Å². The van der Waals surface area contributed by atoms with E-state index in [2.05, 4.69) is 10.6 Å². The first-order chi connectivity index (χ1) is 18.2. The molecule has 1 aliphatic heterocycles. The van der Waals surface area contributed by atoms with E-state index in [1.807, 2.05) is 13.8 Å². The molecular formula is C28H26ClN3O6. The molecule has 0 aliphatic carbocycles. The maximum atomic E-state index is 13.2. The van der Waals surface area contributed by atoms with E-state index in [-0.39, 0.29) is 34.2 Å². The molecule has 9 nitrogen and oxygen atoms in total. The van der Waals surface area contributed by atoms with E-state index in [0.29, 0.717) is 28.4 Å². The van der Waals surface area contributed by atoms with E-state index in [9.17, 15) is 14.4 Å². The minimum Gasteiger partial charge on any atom is -0.497 e. The zero-order chi connectivity index (χ0) is 27.4. The Morgan fingerprint density at radius 1 is 0.842 bits per heavy atom. The molecule has 0 saturated carbocycles. The second-order valence-electron chi connectivity index (χ2n) is 8.52. The van der Waals surface area contributed by atoms with Crippen molar-refractivity contribution in [3.05, 3.63) is 83.0 Å². The number of nitrogens with zero attached hydrogens (tertiary/aromatic N) is 1. The number of benzene rings is 3. The van der Waals surface area contributed by atoms with E-state index in [1.165, 1.54) is 14.2 Å². The lowest BCUT2D eigenvalue weighted by Gasteiger charge is -2.18. The number of methoxy groups -OCH3 is 2. The third kappa shape index (κ3) is 5.57. The Hall–Kier alpha value is -4.50. The largest absolute Gasteiger partial charge is 0.497 e. The molecule has 3 aromatic carbocycles. The first kappa shape index (κ1) is 26.6. The average molecular weight is 536 g/mol. The van der Waals surface area contributed by atoms with E-state index >= 15 is 0 Å². The topological polar surface area (TPSA) is 106 Å². The van der Waals surface area contributed by atoms with E-state index in [4.69, 9.17) is 25.8 Å². The van der Waals surface area contributed by atoms with Gasteiger partial charge in [0.15, 0.2) is 0 Å². The summed E-state index contributed by atoms with van der Waals surface area (Å²) < 4.78 is 16.1. The average Bonchev–Trinajstić information content (AvgIpc) is 3.12. The molecule has 38 heavy (non-hydrogen) atoms. The van der Waals surface area contributed by atoms with Gasteiger partial charge >= 0.3 is 0 Å². The molecule has 196 valence electrons. The van der Waals surface area contributed by atoms with Gasteiger partial charge in [-0.05, 0) is 74.5 Å². The summed E-state index contributed by atoms with van der Waals surface area (Å²) in [6.07, 6.45) is 0.0548. The van der Waals surface area contributed by atoms with E-state index < -0.39 is 11.8 Å². The summed E-state index contributed by atoms with van der Waals surface area (Å²) >= 11 is 6.25. The highest BCUT2D eigenvalue weighted by atomic mass is 35.5. The van der Waals surface area contributed by atoms with Crippen molar-refractivity contribution in [2.24, 2.45) is 0 Å². The Labute approximate surface area is 224 Å². The monoisotopic (exact) mass is 535 g/mol. The van der Waals surface area contributed by atoms with Gasteiger partial charge in [0, 0.05) is 23.0 Å². The summed E-state index contributed by atoms with van der Waals surface area (Å²) in [7, 11) is 2.92. The summed E-state index contributed by atoms with van der Waals surface area (Å²) in [5, 5.41) is 5.45. The number of imide groups is 1. The predicted molar refractivity (Wildman–Crippen MR) is 145 cm³/mol. The Morgan fingerprint density at radius 3 is 2.08 bits per heavy atom. The summed E-state index contributed by atoms with van der Waals surface area (Å²) in [6, 6.07) is 18.2. The number of hydrogen-bond acceptors (Lipinski definition) is 7. The van der Waals surface area contributed by atoms with Crippen LogP contribution in [0.15, 0.2) is 77.5 Å². The van der Waals surface area contributed by atoms with Crippen LogP contribution in [0.4, 0.5) is 17.1 Å². The molecule has 2 N–H and O–H groups in total. The molecular weight excluding hydrogens is 510 g/mol. The lowest BCUT2D eigenvalue weighted by atomic mass is 10.2. The number of rotatable bonds is 9. The molecule has 3 amide bonds. The van der Waals surface area contributed by atoms with Crippen LogP contribution >= 0.6 is 11.6 Å². The van der Waals surface area contributed by atoms with Crippen LogP contribution in [0.25, 0.3) is 0 Å². The molecule has 10 heteroatoms. The molecule has 3 aromatic rings. The highest BCUT2D eigenvalue weighted by molar-refractivity contribution is 6.53. The van der Waals surface area contributed by atoms with Crippen LogP contribution in [-0.2, 0) is 9.59 Å². The molecule has 1 heterocycles. The smallest absolute Gasteiger partial charge is 0.283 e. The van der Waals surface area contributed by atoms with Gasteiger partial charge in [0.05, 0.1) is 26.0 Å². The van der Waals surface area contributed by atoms with E-state index in [0.717, 1.165) is 4.90 Å². The van der Waals surface area contributed by atoms with Crippen LogP contribution in [0.3, 0.4) is 0 Å². The number of nitrogens with one attached hydrogen (secondary N) is 2. The highest BCUT2D eigenvalue weighted by Gasteiger charge is 2.40. The third-order valence-corrected chi connectivity index (χ3v) is 5.91. The third-order valence-electron chi connectivity index (χ3n) is 5.56. The number of halogens is 1. The second kappa shape index (κ2) is 11.3. The second-order valence-corrected chi connectivity index (χ2v) is 8.90. The summed E-state index contributed by atoms with van der Waals surface area (Å²) in [5.41, 5.74) is 1.63. The van der Waals surface area contributed by atoms with Crippen LogP contribution in [0.2, 0.25) is 0 Å². The number of carbonyl (C=O) groups is 3. The summed E-state index contributed by atoms with van der Waals surface area (Å²) in [4.78, 5) is 39.6. The van der Waals surface area contributed by atoms with Crippen molar-refractivity contribution in [1.29, 1.82) is 0 Å². The van der Waals surface area contributed by atoms with Crippen molar-refractivity contribution in [2.75, 3.05) is 29.8 Å². The van der Waals surface area contributed by atoms with Gasteiger partial charge in [0.25, 0.3) is 17.7 Å². The number of hydrogen-bond donors (Lipinski definition) is 2. The molecule has 0 unspecified atom stereocenters. The first-order valence-electron chi connectivity index (χ1n) is 11.7. The molecule has 0 spiro atoms. The van der Waals surface area contributed by atoms with Crippen LogP contribution in [-0.4, -0.2) is 38.0 Å². The normalized spacial score (nSPS) is 13.2. The van der Waals surface area contributed by atoms with Crippen LogP contribution < -0.4 is 29.7 Å². The van der Waals surface area contributed by atoms with Crippen molar-refractivity contribution in [3.8, 4) is 17.2 Å². The fourth-order valence-electron chi connectivity index (χ4n) is 3.74. The SMILES string of the molecule is COc1ccc(N2C(=O)C(Cl)=C(Nc3ccc(C(=O)Nc4ccc(OC(C)C)cc4)cc3)C2=O)c(OC)c1. The number of amides is 3. The molecule has 0 saturated heterocycles.